The molecule has 1 aromatic heterocycles. The van der Waals surface area contributed by atoms with Gasteiger partial charge in [0.15, 0.2) is 0 Å². The van der Waals surface area contributed by atoms with E-state index in [0.29, 0.717) is 22.7 Å². The van der Waals surface area contributed by atoms with E-state index < -0.39 is 4.92 Å². The number of non-ortho nitro benzene ring substituents is 1. The SMILES string of the molecule is COc1ccc(-n2nnc(CO)c2-c2ccc([N+](=O)[O-])cc2)cc1. The largest absolute Gasteiger partial charge is 0.497 e. The van der Waals surface area contributed by atoms with E-state index in [1.807, 2.05) is 12.1 Å². The molecule has 0 saturated carbocycles. The molecule has 0 fully saturated rings. The quantitative estimate of drug-likeness (QED) is 0.570. The second-order valence-corrected chi connectivity index (χ2v) is 4.96. The number of nitro groups is 1. The second kappa shape index (κ2) is 6.47. The zero-order valence-corrected chi connectivity index (χ0v) is 12.8. The number of aliphatic hydroxyl groups is 1. The molecule has 0 bridgehead atoms. The zero-order valence-electron chi connectivity index (χ0n) is 12.8. The maximum absolute atomic E-state index is 10.8. The third-order valence-corrected chi connectivity index (χ3v) is 3.56. The number of aromatic nitrogens is 3. The van der Waals surface area contributed by atoms with Crippen molar-refractivity contribution >= 4 is 5.69 Å². The lowest BCUT2D eigenvalue weighted by Gasteiger charge is -2.08. The van der Waals surface area contributed by atoms with Crippen LogP contribution in [0.5, 0.6) is 5.75 Å². The molecule has 3 aromatic rings. The molecule has 0 radical (unpaired) electrons. The Hall–Kier alpha value is -3.26. The molecule has 1 heterocycles. The highest BCUT2D eigenvalue weighted by Gasteiger charge is 2.17. The van der Waals surface area contributed by atoms with E-state index in [0.717, 1.165) is 5.69 Å². The highest BCUT2D eigenvalue weighted by molar-refractivity contribution is 5.65. The Morgan fingerprint density at radius 2 is 1.83 bits per heavy atom. The van der Waals surface area contributed by atoms with Crippen LogP contribution in [0.3, 0.4) is 0 Å². The Labute approximate surface area is 137 Å². The minimum atomic E-state index is -0.463. The molecule has 0 spiro atoms. The summed E-state index contributed by atoms with van der Waals surface area (Å²) in [5.41, 5.74) is 2.37. The van der Waals surface area contributed by atoms with E-state index in [-0.39, 0.29) is 12.3 Å². The van der Waals surface area contributed by atoms with Gasteiger partial charge in [0, 0.05) is 17.7 Å². The Morgan fingerprint density at radius 3 is 2.38 bits per heavy atom. The summed E-state index contributed by atoms with van der Waals surface area (Å²) in [7, 11) is 1.58. The Kier molecular flexibility index (Phi) is 4.21. The summed E-state index contributed by atoms with van der Waals surface area (Å²) >= 11 is 0. The number of nitrogens with zero attached hydrogens (tertiary/aromatic N) is 4. The van der Waals surface area contributed by atoms with Crippen molar-refractivity contribution in [2.45, 2.75) is 6.61 Å². The van der Waals surface area contributed by atoms with Crippen LogP contribution < -0.4 is 4.74 Å². The average molecular weight is 326 g/mol. The van der Waals surface area contributed by atoms with Gasteiger partial charge in [-0.25, -0.2) is 4.68 Å². The van der Waals surface area contributed by atoms with Crippen molar-refractivity contribution in [3.63, 3.8) is 0 Å². The van der Waals surface area contributed by atoms with E-state index in [9.17, 15) is 15.2 Å². The van der Waals surface area contributed by atoms with Gasteiger partial charge < -0.3 is 9.84 Å². The summed E-state index contributed by atoms with van der Waals surface area (Å²) in [6.45, 7) is -0.289. The molecule has 8 heteroatoms. The molecular weight excluding hydrogens is 312 g/mol. The fourth-order valence-electron chi connectivity index (χ4n) is 2.35. The molecule has 1 N–H and O–H groups in total. The number of benzene rings is 2. The molecule has 24 heavy (non-hydrogen) atoms. The van der Waals surface area contributed by atoms with Crippen molar-refractivity contribution in [3.05, 3.63) is 64.3 Å². The summed E-state index contributed by atoms with van der Waals surface area (Å²) in [4.78, 5) is 10.3. The maximum atomic E-state index is 10.8. The van der Waals surface area contributed by atoms with E-state index in [1.165, 1.54) is 12.1 Å². The molecule has 0 amide bonds. The Balaban J connectivity index is 2.08. The number of rotatable bonds is 5. The summed E-state index contributed by atoms with van der Waals surface area (Å²) < 4.78 is 6.71. The lowest BCUT2D eigenvalue weighted by molar-refractivity contribution is -0.384. The fraction of sp³-hybridized carbons (Fsp3) is 0.125. The van der Waals surface area contributed by atoms with Gasteiger partial charge in [0.05, 0.1) is 24.3 Å². The van der Waals surface area contributed by atoms with Gasteiger partial charge in [0.25, 0.3) is 5.69 Å². The maximum Gasteiger partial charge on any atom is 0.269 e. The van der Waals surface area contributed by atoms with Crippen molar-refractivity contribution in [2.75, 3.05) is 7.11 Å². The highest BCUT2D eigenvalue weighted by Crippen LogP contribution is 2.27. The molecule has 0 aliphatic heterocycles. The zero-order chi connectivity index (χ0) is 17.1. The predicted octanol–water partition coefficient (Wildman–Crippen LogP) is 2.34. The van der Waals surface area contributed by atoms with E-state index in [1.54, 1.807) is 36.1 Å². The van der Waals surface area contributed by atoms with Crippen molar-refractivity contribution in [2.24, 2.45) is 0 Å². The number of aliphatic hydroxyl groups excluding tert-OH is 1. The minimum Gasteiger partial charge on any atom is -0.497 e. The normalized spacial score (nSPS) is 10.6. The summed E-state index contributed by atoms with van der Waals surface area (Å²) in [6, 6.07) is 13.2. The molecule has 0 aliphatic carbocycles. The van der Waals surface area contributed by atoms with Gasteiger partial charge in [-0.15, -0.1) is 5.10 Å². The number of methoxy groups -OCH3 is 1. The molecule has 8 nitrogen and oxygen atoms in total. The molecule has 2 aromatic carbocycles. The first-order chi connectivity index (χ1) is 11.6. The van der Waals surface area contributed by atoms with Crippen LogP contribution in [0.1, 0.15) is 5.69 Å². The van der Waals surface area contributed by atoms with Gasteiger partial charge in [-0.05, 0) is 36.4 Å². The molecule has 122 valence electrons. The Bertz CT molecular complexity index is 857. The van der Waals surface area contributed by atoms with Crippen molar-refractivity contribution < 1.29 is 14.8 Å². The van der Waals surface area contributed by atoms with Crippen LogP contribution in [0.25, 0.3) is 16.9 Å². The summed E-state index contributed by atoms with van der Waals surface area (Å²) in [6.07, 6.45) is 0. The van der Waals surface area contributed by atoms with Crippen LogP contribution >= 0.6 is 0 Å². The number of ether oxygens (including phenoxy) is 1. The number of nitro benzene ring substituents is 1. The summed E-state index contributed by atoms with van der Waals surface area (Å²) in [5, 5.41) is 28.4. The highest BCUT2D eigenvalue weighted by atomic mass is 16.6. The van der Waals surface area contributed by atoms with Crippen molar-refractivity contribution in [1.29, 1.82) is 0 Å². The van der Waals surface area contributed by atoms with Crippen LogP contribution in [0.15, 0.2) is 48.5 Å². The fourth-order valence-corrected chi connectivity index (χ4v) is 2.35. The van der Waals surface area contributed by atoms with Gasteiger partial charge in [-0.1, -0.05) is 5.21 Å². The van der Waals surface area contributed by atoms with Gasteiger partial charge in [0.1, 0.15) is 17.1 Å². The van der Waals surface area contributed by atoms with Crippen LogP contribution in [0.4, 0.5) is 5.69 Å². The molecule has 3 rings (SSSR count). The van der Waals surface area contributed by atoms with E-state index in [2.05, 4.69) is 10.3 Å². The Morgan fingerprint density at radius 1 is 1.17 bits per heavy atom. The van der Waals surface area contributed by atoms with E-state index >= 15 is 0 Å². The minimum absolute atomic E-state index is 0.00669. The smallest absolute Gasteiger partial charge is 0.269 e. The molecule has 0 atom stereocenters. The molecule has 0 saturated heterocycles. The number of hydrogen-bond acceptors (Lipinski definition) is 6. The summed E-state index contributed by atoms with van der Waals surface area (Å²) in [5.74, 6) is 0.707. The number of hydrogen-bond donors (Lipinski definition) is 1. The average Bonchev–Trinajstić information content (AvgIpc) is 3.06. The van der Waals surface area contributed by atoms with Crippen molar-refractivity contribution in [1.82, 2.24) is 15.0 Å². The van der Waals surface area contributed by atoms with Gasteiger partial charge in [-0.3, -0.25) is 10.1 Å². The topological polar surface area (TPSA) is 103 Å². The van der Waals surface area contributed by atoms with Crippen LogP contribution in [-0.4, -0.2) is 32.1 Å². The first-order valence-electron chi connectivity index (χ1n) is 7.08. The monoisotopic (exact) mass is 326 g/mol. The first-order valence-corrected chi connectivity index (χ1v) is 7.08. The third-order valence-electron chi connectivity index (χ3n) is 3.56. The predicted molar refractivity (Wildman–Crippen MR) is 85.9 cm³/mol. The van der Waals surface area contributed by atoms with E-state index in [4.69, 9.17) is 4.74 Å². The van der Waals surface area contributed by atoms with Crippen LogP contribution in [0, 0.1) is 10.1 Å². The molecule has 0 aliphatic rings. The second-order valence-electron chi connectivity index (χ2n) is 4.96. The molecule has 0 unspecified atom stereocenters. The lowest BCUT2D eigenvalue weighted by Crippen LogP contribution is -2.00. The van der Waals surface area contributed by atoms with Crippen molar-refractivity contribution in [3.8, 4) is 22.7 Å². The van der Waals surface area contributed by atoms with Crippen LogP contribution in [-0.2, 0) is 6.61 Å². The van der Waals surface area contributed by atoms with Gasteiger partial charge in [-0.2, -0.15) is 0 Å². The first kappa shape index (κ1) is 15.6. The van der Waals surface area contributed by atoms with Gasteiger partial charge >= 0.3 is 0 Å². The molecular formula is C16H14N4O4. The lowest BCUT2D eigenvalue weighted by atomic mass is 10.1. The van der Waals surface area contributed by atoms with Gasteiger partial charge in [0.2, 0.25) is 0 Å². The standard InChI is InChI=1S/C16H14N4O4/c1-24-14-8-6-12(7-9-14)19-16(15(10-21)17-18-19)11-2-4-13(5-3-11)20(22)23/h2-9,21H,10H2,1H3. The third kappa shape index (κ3) is 2.82. The van der Waals surface area contributed by atoms with Crippen LogP contribution in [0.2, 0.25) is 0 Å².